The number of nitrogens with zero attached hydrogens (tertiary/aromatic N) is 3. The Morgan fingerprint density at radius 1 is 0.984 bits per heavy atom. The molecule has 1 saturated heterocycles. The number of benzene rings is 1. The predicted octanol–water partition coefficient (Wildman–Crippen LogP) is 6.56. The summed E-state index contributed by atoms with van der Waals surface area (Å²) in [5.41, 5.74) is 1.34. The average molecular weight is 874 g/mol. The minimum Gasteiger partial charge on any atom is -0.455 e. The summed E-state index contributed by atoms with van der Waals surface area (Å²) in [6, 6.07) is 8.07. The number of aliphatic hydroxyl groups excluding tert-OH is 1. The molecule has 0 saturated carbocycles. The molecule has 0 aliphatic carbocycles. The Morgan fingerprint density at radius 3 is 2.21 bits per heavy atom. The molecule has 3 amide bonds. The molecule has 1 aliphatic heterocycles. The van der Waals surface area contributed by atoms with E-state index in [1.165, 1.54) is 23.2 Å². The number of carbonyl (C=O) groups excluding carboxylic acids is 5. The van der Waals surface area contributed by atoms with Crippen LogP contribution in [0.2, 0.25) is 0 Å². The Hall–Kier alpha value is -3.92. The maximum atomic E-state index is 14.8. The molecule has 15 heteroatoms. The van der Waals surface area contributed by atoms with E-state index in [9.17, 15) is 24.0 Å². The normalized spacial score (nSPS) is 16.7. The van der Waals surface area contributed by atoms with Gasteiger partial charge >= 0.3 is 11.9 Å². The van der Waals surface area contributed by atoms with Gasteiger partial charge in [-0.1, -0.05) is 98.6 Å². The lowest BCUT2D eigenvalue weighted by molar-refractivity contribution is -0.160. The highest BCUT2D eigenvalue weighted by molar-refractivity contribution is 7.09. The number of carbonyl (C=O) groups is 5. The van der Waals surface area contributed by atoms with E-state index in [0.29, 0.717) is 36.8 Å². The fraction of sp³-hybridized carbons (Fsp3) is 0.696. The zero-order chi connectivity index (χ0) is 45.6. The van der Waals surface area contributed by atoms with Gasteiger partial charge in [0.05, 0.1) is 19.3 Å². The highest BCUT2D eigenvalue weighted by Crippen LogP contribution is 2.32. The third kappa shape index (κ3) is 18.9. The van der Waals surface area contributed by atoms with Gasteiger partial charge in [-0.15, -0.1) is 11.3 Å². The first kappa shape index (κ1) is 53.2. The number of ether oxygens (including phenoxy) is 3. The fourth-order valence-electron chi connectivity index (χ4n) is 7.30. The summed E-state index contributed by atoms with van der Waals surface area (Å²) in [7, 11) is 3.48. The SMILES string of the molecule is CCC(C)C(NC(=O)C1CCCCN1C)C(=O)N(COC(=O)CC(C)C)C(CC(OC(C)=O)c1nc(C(=O)NC(Cc2ccccc2)CC(C)C)cs1)C(C)C.COCCO. The summed E-state index contributed by atoms with van der Waals surface area (Å²) in [4.78, 5) is 75.8. The van der Waals surface area contributed by atoms with Crippen molar-refractivity contribution in [2.24, 2.45) is 23.7 Å². The molecule has 0 bridgehead atoms. The third-order valence-electron chi connectivity index (χ3n) is 10.7. The first-order valence-electron chi connectivity index (χ1n) is 22.0. The van der Waals surface area contributed by atoms with Crippen LogP contribution >= 0.6 is 11.3 Å². The van der Waals surface area contributed by atoms with Gasteiger partial charge in [-0.25, -0.2) is 4.98 Å². The summed E-state index contributed by atoms with van der Waals surface area (Å²) in [5.74, 6) is -1.90. The molecule has 0 spiro atoms. The molecule has 1 aromatic carbocycles. The molecule has 1 fully saturated rings. The van der Waals surface area contributed by atoms with Crippen molar-refractivity contribution in [3.63, 3.8) is 0 Å². The number of likely N-dealkylation sites (N-methyl/N-ethyl adjacent to an activating group) is 1. The van der Waals surface area contributed by atoms with E-state index in [1.54, 1.807) is 12.5 Å². The molecule has 1 aromatic heterocycles. The second-order valence-corrected chi connectivity index (χ2v) is 18.2. The fourth-order valence-corrected chi connectivity index (χ4v) is 8.14. The number of hydrogen-bond donors (Lipinski definition) is 3. The van der Waals surface area contributed by atoms with Gasteiger partial charge in [-0.3, -0.25) is 28.9 Å². The minimum atomic E-state index is -0.906. The highest BCUT2D eigenvalue weighted by Gasteiger charge is 2.39. The van der Waals surface area contributed by atoms with Gasteiger partial charge in [-0.05, 0) is 68.5 Å². The van der Waals surface area contributed by atoms with Crippen molar-refractivity contribution in [2.75, 3.05) is 40.6 Å². The van der Waals surface area contributed by atoms with Crippen LogP contribution in [-0.4, -0.2) is 114 Å². The number of amides is 3. The first-order valence-corrected chi connectivity index (χ1v) is 22.8. The van der Waals surface area contributed by atoms with Crippen molar-refractivity contribution in [1.29, 1.82) is 0 Å². The van der Waals surface area contributed by atoms with Crippen molar-refractivity contribution < 1.29 is 43.3 Å². The zero-order valence-corrected chi connectivity index (χ0v) is 39.4. The average Bonchev–Trinajstić information content (AvgIpc) is 3.70. The van der Waals surface area contributed by atoms with E-state index in [0.717, 1.165) is 31.4 Å². The van der Waals surface area contributed by atoms with E-state index in [1.807, 2.05) is 83.8 Å². The Morgan fingerprint density at radius 2 is 1.67 bits per heavy atom. The second-order valence-electron chi connectivity index (χ2n) is 17.3. The van der Waals surface area contributed by atoms with Gasteiger partial charge in [0.1, 0.15) is 16.7 Å². The molecule has 6 unspecified atom stereocenters. The van der Waals surface area contributed by atoms with Gasteiger partial charge < -0.3 is 34.9 Å². The Bertz CT molecular complexity index is 1620. The second kappa shape index (κ2) is 27.9. The van der Waals surface area contributed by atoms with Gasteiger partial charge in [0.25, 0.3) is 5.91 Å². The molecular weight excluding hydrogens is 799 g/mol. The van der Waals surface area contributed by atoms with Crippen LogP contribution in [-0.2, 0) is 39.8 Å². The predicted molar refractivity (Wildman–Crippen MR) is 239 cm³/mol. The van der Waals surface area contributed by atoms with Crippen molar-refractivity contribution in [2.45, 2.75) is 144 Å². The number of aliphatic hydroxyl groups is 1. The minimum absolute atomic E-state index is 0.0517. The topological polar surface area (TPSA) is 177 Å². The number of piperidine rings is 1. The number of methoxy groups -OCH3 is 1. The molecular formula is C46H75N5O9S. The maximum absolute atomic E-state index is 14.8. The number of rotatable bonds is 23. The van der Waals surface area contributed by atoms with Gasteiger partial charge in [0.2, 0.25) is 11.8 Å². The molecule has 14 nitrogen and oxygen atoms in total. The Labute approximate surface area is 368 Å². The maximum Gasteiger partial charge on any atom is 0.307 e. The molecule has 2 heterocycles. The van der Waals surface area contributed by atoms with Crippen LogP contribution in [0.25, 0.3) is 0 Å². The van der Waals surface area contributed by atoms with Gasteiger partial charge in [0.15, 0.2) is 12.8 Å². The summed E-state index contributed by atoms with van der Waals surface area (Å²) in [6.07, 6.45) is 4.12. The molecule has 3 rings (SSSR count). The van der Waals surface area contributed by atoms with Gasteiger partial charge in [0, 0.05) is 44.3 Å². The number of thiazole rings is 1. The zero-order valence-electron chi connectivity index (χ0n) is 38.6. The molecule has 1 aliphatic rings. The van der Waals surface area contributed by atoms with E-state index in [4.69, 9.17) is 14.6 Å². The van der Waals surface area contributed by atoms with Gasteiger partial charge in [-0.2, -0.15) is 0 Å². The number of hydrogen-bond acceptors (Lipinski definition) is 12. The van der Waals surface area contributed by atoms with Crippen molar-refractivity contribution in [1.82, 2.24) is 25.4 Å². The smallest absolute Gasteiger partial charge is 0.307 e. The largest absolute Gasteiger partial charge is 0.455 e. The molecule has 61 heavy (non-hydrogen) atoms. The van der Waals surface area contributed by atoms with Crippen LogP contribution in [0.15, 0.2) is 35.7 Å². The van der Waals surface area contributed by atoms with Crippen LogP contribution in [0, 0.1) is 23.7 Å². The number of esters is 2. The van der Waals surface area contributed by atoms with E-state index >= 15 is 0 Å². The summed E-state index contributed by atoms with van der Waals surface area (Å²) < 4.78 is 16.1. The van der Waals surface area contributed by atoms with Crippen LogP contribution in [0.3, 0.4) is 0 Å². The summed E-state index contributed by atoms with van der Waals surface area (Å²) >= 11 is 1.21. The molecule has 3 N–H and O–H groups in total. The van der Waals surface area contributed by atoms with E-state index in [2.05, 4.69) is 34.2 Å². The van der Waals surface area contributed by atoms with Crippen LogP contribution in [0.5, 0.6) is 0 Å². The van der Waals surface area contributed by atoms with Crippen LogP contribution < -0.4 is 10.6 Å². The van der Waals surface area contributed by atoms with Crippen LogP contribution in [0.4, 0.5) is 0 Å². The van der Waals surface area contributed by atoms with Crippen molar-refractivity contribution in [3.8, 4) is 0 Å². The lowest BCUT2D eigenvalue weighted by Gasteiger charge is -2.39. The summed E-state index contributed by atoms with van der Waals surface area (Å²) in [6.45, 7) is 18.2. The standard InChI is InChI=1S/C43H67N5O7S.C3H8O2/c1-11-30(8)39(46-41(52)35-19-15-16-20-47(35)10)43(53)48(26-54-38(50)22-28(4)5)36(29(6)7)24-37(55-31(9)49)42-45-34(25-56-42)40(51)44-33(21-27(2)3)23-32-17-13-12-14-18-32;1-5-3-2-4/h12-14,17-18,25,27-30,33,35-37,39H,11,15-16,19-24,26H2,1-10H3,(H,44,51)(H,46,52);4H,2-3H2,1H3. The van der Waals surface area contributed by atoms with E-state index in [-0.39, 0.29) is 79.4 Å². The Balaban J connectivity index is 0.00000241. The third-order valence-corrected chi connectivity index (χ3v) is 11.7. The van der Waals surface area contributed by atoms with Crippen molar-refractivity contribution in [3.05, 3.63) is 52.0 Å². The Kier molecular flexibility index (Phi) is 24.3. The molecule has 6 atom stereocenters. The number of likely N-dealkylation sites (tertiary alicyclic amines) is 1. The lowest BCUT2D eigenvalue weighted by Crippen LogP contribution is -2.59. The quantitative estimate of drug-likeness (QED) is 0.0814. The molecule has 0 radical (unpaired) electrons. The number of nitrogens with one attached hydrogen (secondary N) is 2. The number of aromatic nitrogens is 1. The molecule has 344 valence electrons. The first-order chi connectivity index (χ1) is 28.9. The van der Waals surface area contributed by atoms with Crippen LogP contribution in [0.1, 0.15) is 134 Å². The monoisotopic (exact) mass is 874 g/mol. The van der Waals surface area contributed by atoms with E-state index < -0.39 is 30.1 Å². The summed E-state index contributed by atoms with van der Waals surface area (Å²) in [5, 5.41) is 16.3. The highest BCUT2D eigenvalue weighted by atomic mass is 32.1. The molecule has 2 aromatic rings. The lowest BCUT2D eigenvalue weighted by atomic mass is 9.92. The van der Waals surface area contributed by atoms with Crippen molar-refractivity contribution >= 4 is 41.0 Å².